The molecule has 0 radical (unpaired) electrons. The zero-order valence-electron chi connectivity index (χ0n) is 18.2. The van der Waals surface area contributed by atoms with Gasteiger partial charge in [0.15, 0.2) is 0 Å². The van der Waals surface area contributed by atoms with Crippen LogP contribution < -0.4 is 118 Å². The molecule has 0 bridgehead atoms. The normalized spacial score (nSPS) is 11.0. The predicted molar refractivity (Wildman–Crippen MR) is 96.9 cm³/mol. The van der Waals surface area contributed by atoms with Gasteiger partial charge in [-0.2, -0.15) is 0 Å². The second-order valence-electron chi connectivity index (χ2n) is 7.01. The van der Waals surface area contributed by atoms with Crippen molar-refractivity contribution in [1.29, 1.82) is 0 Å². The van der Waals surface area contributed by atoms with Crippen LogP contribution in [0.5, 0.6) is 0 Å². The first kappa shape index (κ1) is 34.3. The van der Waals surface area contributed by atoms with E-state index in [2.05, 4.69) is 12.2 Å². The summed E-state index contributed by atoms with van der Waals surface area (Å²) in [5, 5.41) is 23.3. The van der Waals surface area contributed by atoms with Crippen LogP contribution in [0.1, 0.15) is 103 Å². The number of hydrogen-bond donors (Lipinski definition) is 1. The minimum Gasteiger partial charge on any atom is -0.550 e. The molecular weight excluding hydrogens is 412 g/mol. The van der Waals surface area contributed by atoms with E-state index >= 15 is 0 Å². The molecule has 0 rings (SSSR count). The van der Waals surface area contributed by atoms with Gasteiger partial charge in [0.25, 0.3) is 0 Å². The fourth-order valence-corrected chi connectivity index (χ4v) is 2.93. The van der Waals surface area contributed by atoms with E-state index in [0.29, 0.717) is 6.42 Å². The Hall–Kier alpha value is 1.68. The summed E-state index contributed by atoms with van der Waals surface area (Å²) in [6.45, 7) is 2.23. The number of hydrogen-bond acceptors (Lipinski definition) is 5. The Bertz CT molecular complexity index is 408. The van der Waals surface area contributed by atoms with E-state index in [-0.39, 0.29) is 109 Å². The van der Waals surface area contributed by atoms with Gasteiger partial charge in [0, 0.05) is 18.8 Å². The van der Waals surface area contributed by atoms with Gasteiger partial charge in [-0.05, 0) is 6.42 Å². The summed E-state index contributed by atoms with van der Waals surface area (Å²) in [7, 11) is 0. The number of carbonyl (C=O) groups is 3. The molecule has 0 fully saturated rings. The Morgan fingerprint density at radius 3 is 1.46 bits per heavy atom. The molecule has 6 nitrogen and oxygen atoms in total. The SMILES string of the molecule is CCCCCCCCCCCCCCCC(=O)N[C@@H](CC(=O)[O-])C(=O)[O-].[K+].[K+]. The zero-order valence-corrected chi connectivity index (χ0v) is 24.5. The van der Waals surface area contributed by atoms with Crippen molar-refractivity contribution in [1.82, 2.24) is 5.32 Å². The molecule has 8 heteroatoms. The van der Waals surface area contributed by atoms with Crippen LogP contribution >= 0.6 is 0 Å². The minimum absolute atomic E-state index is 0. The van der Waals surface area contributed by atoms with Gasteiger partial charge < -0.3 is 25.1 Å². The molecule has 0 saturated carbocycles. The van der Waals surface area contributed by atoms with Gasteiger partial charge in [-0.1, -0.05) is 84.0 Å². The largest absolute Gasteiger partial charge is 1.00 e. The average molecular weight is 448 g/mol. The van der Waals surface area contributed by atoms with Crippen molar-refractivity contribution in [3.05, 3.63) is 0 Å². The van der Waals surface area contributed by atoms with E-state index in [1.807, 2.05) is 0 Å². The van der Waals surface area contributed by atoms with Gasteiger partial charge in [-0.15, -0.1) is 0 Å². The molecule has 1 atom stereocenters. The number of nitrogens with one attached hydrogen (secondary N) is 1. The van der Waals surface area contributed by atoms with Gasteiger partial charge in [0.2, 0.25) is 5.91 Å². The van der Waals surface area contributed by atoms with Crippen LogP contribution in [0, 0.1) is 0 Å². The standard InChI is InChI=1S/C20H37NO5.2K/c1-2-3-4-5-6-7-8-9-10-11-12-13-14-15-18(22)21-17(20(25)26)16-19(23)24;;/h17H,2-16H2,1H3,(H,21,22)(H,23,24)(H,25,26);;/q;2*+1/p-2/t17-;;/m0../s1. The third kappa shape index (κ3) is 24.0. The summed E-state index contributed by atoms with van der Waals surface area (Å²) in [6.07, 6.45) is 15.1. The molecule has 1 N–H and O–H groups in total. The van der Waals surface area contributed by atoms with Crippen LogP contribution in [0.2, 0.25) is 0 Å². The Kier molecular flexibility index (Phi) is 30.6. The number of aliphatic carboxylic acids is 2. The molecule has 0 aliphatic rings. The van der Waals surface area contributed by atoms with Crippen molar-refractivity contribution < 1.29 is 127 Å². The third-order valence-electron chi connectivity index (χ3n) is 4.50. The Morgan fingerprint density at radius 2 is 1.11 bits per heavy atom. The summed E-state index contributed by atoms with van der Waals surface area (Å²) in [5.74, 6) is -3.59. The fourth-order valence-electron chi connectivity index (χ4n) is 2.93. The predicted octanol–water partition coefficient (Wildman–Crippen LogP) is -4.15. The van der Waals surface area contributed by atoms with Crippen LogP contribution in [0.4, 0.5) is 0 Å². The molecule has 0 aromatic carbocycles. The molecule has 0 aromatic rings. The van der Waals surface area contributed by atoms with Crippen LogP contribution in [-0.4, -0.2) is 23.9 Å². The first-order valence-corrected chi connectivity index (χ1v) is 10.2. The van der Waals surface area contributed by atoms with Crippen LogP contribution in [0.25, 0.3) is 0 Å². The number of carboxylic acid groups (broad SMARTS) is 2. The van der Waals surface area contributed by atoms with Crippen LogP contribution in [-0.2, 0) is 14.4 Å². The first-order chi connectivity index (χ1) is 12.5. The van der Waals surface area contributed by atoms with E-state index in [1.54, 1.807) is 0 Å². The zero-order chi connectivity index (χ0) is 19.6. The summed E-state index contributed by atoms with van der Waals surface area (Å²) < 4.78 is 0. The molecular formula is C20H35K2NO5. The van der Waals surface area contributed by atoms with E-state index in [9.17, 15) is 24.6 Å². The van der Waals surface area contributed by atoms with E-state index in [0.717, 1.165) is 19.3 Å². The summed E-state index contributed by atoms with van der Waals surface area (Å²) in [6, 6.07) is -1.52. The second-order valence-corrected chi connectivity index (χ2v) is 7.01. The summed E-state index contributed by atoms with van der Waals surface area (Å²) >= 11 is 0. The maximum Gasteiger partial charge on any atom is 1.00 e. The number of rotatable bonds is 18. The molecule has 28 heavy (non-hydrogen) atoms. The molecule has 0 aliphatic carbocycles. The van der Waals surface area contributed by atoms with E-state index in [4.69, 9.17) is 0 Å². The fraction of sp³-hybridized carbons (Fsp3) is 0.850. The maximum absolute atomic E-state index is 11.6. The van der Waals surface area contributed by atoms with Crippen molar-refractivity contribution in [2.45, 2.75) is 109 Å². The number of carboxylic acids is 2. The maximum atomic E-state index is 11.6. The molecule has 0 aliphatic heterocycles. The van der Waals surface area contributed by atoms with Gasteiger partial charge in [0.05, 0.1) is 12.0 Å². The van der Waals surface area contributed by atoms with E-state index < -0.39 is 30.3 Å². The molecule has 0 aromatic heterocycles. The number of carbonyl (C=O) groups excluding carboxylic acids is 3. The minimum atomic E-state index is -1.60. The monoisotopic (exact) mass is 447 g/mol. The smallest absolute Gasteiger partial charge is 0.550 e. The Labute approximate surface area is 255 Å². The van der Waals surface area contributed by atoms with Crippen LogP contribution in [0.15, 0.2) is 0 Å². The van der Waals surface area contributed by atoms with Gasteiger partial charge in [-0.3, -0.25) is 4.79 Å². The van der Waals surface area contributed by atoms with Gasteiger partial charge in [-0.25, -0.2) is 0 Å². The average Bonchev–Trinajstić information content (AvgIpc) is 2.58. The Balaban J connectivity index is -0.00000312. The molecule has 152 valence electrons. The van der Waals surface area contributed by atoms with Crippen molar-refractivity contribution in [3.63, 3.8) is 0 Å². The third-order valence-corrected chi connectivity index (χ3v) is 4.50. The topological polar surface area (TPSA) is 109 Å². The molecule has 0 unspecified atom stereocenters. The van der Waals surface area contributed by atoms with Crippen molar-refractivity contribution in [3.8, 4) is 0 Å². The molecule has 0 spiro atoms. The van der Waals surface area contributed by atoms with Gasteiger partial charge in [0.1, 0.15) is 0 Å². The van der Waals surface area contributed by atoms with Crippen molar-refractivity contribution in [2.75, 3.05) is 0 Å². The first-order valence-electron chi connectivity index (χ1n) is 10.2. The van der Waals surface area contributed by atoms with E-state index in [1.165, 1.54) is 57.8 Å². The Morgan fingerprint density at radius 1 is 0.714 bits per heavy atom. The number of amides is 1. The number of unbranched alkanes of at least 4 members (excludes halogenated alkanes) is 12. The molecule has 1 amide bonds. The van der Waals surface area contributed by atoms with Crippen molar-refractivity contribution >= 4 is 17.8 Å². The quantitative estimate of drug-likeness (QED) is 0.169. The molecule has 0 heterocycles. The van der Waals surface area contributed by atoms with Crippen LogP contribution in [0.3, 0.4) is 0 Å². The second kappa shape index (κ2) is 24.9. The molecule has 0 saturated heterocycles. The van der Waals surface area contributed by atoms with Crippen molar-refractivity contribution in [2.24, 2.45) is 0 Å². The summed E-state index contributed by atoms with van der Waals surface area (Å²) in [5.41, 5.74) is 0. The van der Waals surface area contributed by atoms with Gasteiger partial charge >= 0.3 is 103 Å². The summed E-state index contributed by atoms with van der Waals surface area (Å²) in [4.78, 5) is 32.8.